The van der Waals surface area contributed by atoms with Gasteiger partial charge in [0.15, 0.2) is 0 Å². The number of hydrogen-bond acceptors (Lipinski definition) is 3. The number of rotatable bonds is 4. The van der Waals surface area contributed by atoms with Crippen LogP contribution in [0.15, 0.2) is 48.5 Å². The smallest absolute Gasteiger partial charge is 0.231 e. The van der Waals surface area contributed by atoms with Gasteiger partial charge in [-0.05, 0) is 49.1 Å². The summed E-state index contributed by atoms with van der Waals surface area (Å²) in [6, 6.07) is 15.1. The Balaban J connectivity index is 1.40. The molecule has 1 fully saturated rings. The number of carbonyl (C=O) groups is 2. The number of anilines is 2. The highest BCUT2D eigenvalue weighted by Crippen LogP contribution is 2.31. The molecular weight excluding hydrogens is 316 g/mol. The fourth-order valence-corrected chi connectivity index (χ4v) is 3.01. The monoisotopic (exact) mass is 336 g/mol. The lowest BCUT2D eigenvalue weighted by molar-refractivity contribution is -0.121. The number of nitrogens with one attached hydrogen (secondary N) is 2. The lowest BCUT2D eigenvalue weighted by Gasteiger charge is -2.24. The Hall–Kier alpha value is -2.82. The highest BCUT2D eigenvalue weighted by Gasteiger charge is 2.29. The van der Waals surface area contributed by atoms with Crippen LogP contribution in [0.2, 0.25) is 0 Å². The third kappa shape index (κ3) is 3.65. The van der Waals surface area contributed by atoms with Gasteiger partial charge in [0.05, 0.1) is 5.92 Å². The molecule has 4 rings (SSSR count). The van der Waals surface area contributed by atoms with Crippen LogP contribution in [0.4, 0.5) is 11.4 Å². The number of benzene rings is 2. The average Bonchev–Trinajstić information content (AvgIpc) is 3.47. The normalized spacial score (nSPS) is 18.6. The van der Waals surface area contributed by atoms with E-state index in [2.05, 4.69) is 10.6 Å². The van der Waals surface area contributed by atoms with Gasteiger partial charge in [-0.25, -0.2) is 0 Å². The number of para-hydroxylation sites is 1. The third-order valence-electron chi connectivity index (χ3n) is 4.60. The zero-order valence-corrected chi connectivity index (χ0v) is 13.8. The van der Waals surface area contributed by atoms with Crippen molar-refractivity contribution in [1.82, 2.24) is 0 Å². The van der Waals surface area contributed by atoms with Gasteiger partial charge < -0.3 is 15.4 Å². The fourth-order valence-electron chi connectivity index (χ4n) is 3.01. The Labute approximate surface area is 146 Å². The minimum Gasteiger partial charge on any atom is -0.492 e. The Morgan fingerprint density at radius 3 is 2.28 bits per heavy atom. The van der Waals surface area contributed by atoms with Crippen molar-refractivity contribution in [2.24, 2.45) is 11.8 Å². The van der Waals surface area contributed by atoms with E-state index in [0.717, 1.165) is 24.2 Å². The van der Waals surface area contributed by atoms with Crippen molar-refractivity contribution in [1.29, 1.82) is 0 Å². The molecule has 25 heavy (non-hydrogen) atoms. The Morgan fingerprint density at radius 1 is 0.880 bits per heavy atom. The summed E-state index contributed by atoms with van der Waals surface area (Å²) >= 11 is 0. The van der Waals surface area contributed by atoms with E-state index in [1.807, 2.05) is 42.5 Å². The van der Waals surface area contributed by atoms with Crippen molar-refractivity contribution < 1.29 is 14.3 Å². The number of amides is 2. The molecular formula is C20H20N2O3. The van der Waals surface area contributed by atoms with Crippen LogP contribution in [0.5, 0.6) is 5.75 Å². The summed E-state index contributed by atoms with van der Waals surface area (Å²) in [6.45, 7) is 0.376. The van der Waals surface area contributed by atoms with Gasteiger partial charge >= 0.3 is 0 Å². The first kappa shape index (κ1) is 15.7. The summed E-state index contributed by atoms with van der Waals surface area (Å²) in [5.41, 5.74) is 2.44. The van der Waals surface area contributed by atoms with Crippen LogP contribution in [-0.4, -0.2) is 18.4 Å². The van der Waals surface area contributed by atoms with Crippen LogP contribution in [0.3, 0.4) is 0 Å². The van der Waals surface area contributed by atoms with Gasteiger partial charge in [-0.2, -0.15) is 0 Å². The van der Waals surface area contributed by atoms with Crippen LogP contribution in [0.25, 0.3) is 0 Å². The van der Waals surface area contributed by atoms with E-state index in [1.165, 1.54) is 0 Å². The van der Waals surface area contributed by atoms with Gasteiger partial charge in [-0.1, -0.05) is 24.3 Å². The number of fused-ring (bicyclic) bond motifs is 1. The zero-order valence-electron chi connectivity index (χ0n) is 13.8. The standard InChI is InChI=1S/C20H20N2O3/c23-19(13-8-9-13)21-16-5-3-6-17(11-16)22-20(24)15-10-14-4-1-2-7-18(14)25-12-15/h1-7,11,13,15H,8-10,12H2,(H,21,23)(H,22,24). The van der Waals surface area contributed by atoms with Gasteiger partial charge in [0.2, 0.25) is 11.8 Å². The summed E-state index contributed by atoms with van der Waals surface area (Å²) in [5.74, 6) is 0.773. The van der Waals surface area contributed by atoms with Crippen LogP contribution in [-0.2, 0) is 16.0 Å². The van der Waals surface area contributed by atoms with Gasteiger partial charge in [0.1, 0.15) is 12.4 Å². The zero-order chi connectivity index (χ0) is 17.2. The molecule has 2 aliphatic rings. The molecule has 2 N–H and O–H groups in total. The first-order valence-corrected chi connectivity index (χ1v) is 8.61. The van der Waals surface area contributed by atoms with Crippen molar-refractivity contribution in [2.75, 3.05) is 17.2 Å². The van der Waals surface area contributed by atoms with Crippen molar-refractivity contribution in [3.63, 3.8) is 0 Å². The van der Waals surface area contributed by atoms with Crippen LogP contribution >= 0.6 is 0 Å². The second kappa shape index (κ2) is 6.59. The molecule has 2 aromatic carbocycles. The molecule has 2 aromatic rings. The van der Waals surface area contributed by atoms with E-state index in [-0.39, 0.29) is 23.7 Å². The van der Waals surface area contributed by atoms with E-state index in [1.54, 1.807) is 6.07 Å². The molecule has 128 valence electrons. The van der Waals surface area contributed by atoms with Gasteiger partial charge in [-0.3, -0.25) is 9.59 Å². The summed E-state index contributed by atoms with van der Waals surface area (Å²) in [4.78, 5) is 24.4. The molecule has 0 bridgehead atoms. The molecule has 5 nitrogen and oxygen atoms in total. The van der Waals surface area contributed by atoms with E-state index in [4.69, 9.17) is 4.74 Å². The molecule has 1 saturated carbocycles. The predicted molar refractivity (Wildman–Crippen MR) is 95.6 cm³/mol. The molecule has 1 aliphatic heterocycles. The molecule has 5 heteroatoms. The topological polar surface area (TPSA) is 67.4 Å². The molecule has 1 unspecified atom stereocenters. The Kier molecular flexibility index (Phi) is 4.14. The molecule has 0 radical (unpaired) electrons. The SMILES string of the molecule is O=C(Nc1cccc(NC(=O)C2COc3ccccc3C2)c1)C1CC1. The van der Waals surface area contributed by atoms with Crippen molar-refractivity contribution in [3.8, 4) is 5.75 Å². The molecule has 0 spiro atoms. The maximum atomic E-state index is 12.6. The third-order valence-corrected chi connectivity index (χ3v) is 4.60. The van der Waals surface area contributed by atoms with Crippen molar-refractivity contribution in [3.05, 3.63) is 54.1 Å². The largest absolute Gasteiger partial charge is 0.492 e. The lowest BCUT2D eigenvalue weighted by Crippen LogP contribution is -2.32. The Morgan fingerprint density at radius 2 is 1.56 bits per heavy atom. The molecule has 0 saturated heterocycles. The van der Waals surface area contributed by atoms with E-state index < -0.39 is 0 Å². The van der Waals surface area contributed by atoms with E-state index in [0.29, 0.717) is 24.4 Å². The van der Waals surface area contributed by atoms with Crippen LogP contribution in [0, 0.1) is 11.8 Å². The first-order valence-electron chi connectivity index (χ1n) is 8.61. The molecule has 1 heterocycles. The van der Waals surface area contributed by atoms with Gasteiger partial charge in [0.25, 0.3) is 0 Å². The van der Waals surface area contributed by atoms with Crippen molar-refractivity contribution in [2.45, 2.75) is 19.3 Å². The van der Waals surface area contributed by atoms with Gasteiger partial charge in [0, 0.05) is 17.3 Å². The summed E-state index contributed by atoms with van der Waals surface area (Å²) in [5, 5.41) is 5.83. The maximum absolute atomic E-state index is 12.6. The quantitative estimate of drug-likeness (QED) is 0.901. The summed E-state index contributed by atoms with van der Waals surface area (Å²) < 4.78 is 5.69. The minimum atomic E-state index is -0.223. The fraction of sp³-hybridized carbons (Fsp3) is 0.300. The number of carbonyl (C=O) groups excluding carboxylic acids is 2. The van der Waals surface area contributed by atoms with Crippen LogP contribution < -0.4 is 15.4 Å². The van der Waals surface area contributed by atoms with Crippen LogP contribution in [0.1, 0.15) is 18.4 Å². The number of ether oxygens (including phenoxy) is 1. The highest BCUT2D eigenvalue weighted by atomic mass is 16.5. The summed E-state index contributed by atoms with van der Waals surface area (Å²) in [6.07, 6.45) is 2.59. The average molecular weight is 336 g/mol. The second-order valence-corrected chi connectivity index (χ2v) is 6.65. The lowest BCUT2D eigenvalue weighted by atomic mass is 9.96. The second-order valence-electron chi connectivity index (χ2n) is 6.65. The molecule has 1 atom stereocenters. The molecule has 0 aromatic heterocycles. The summed E-state index contributed by atoms with van der Waals surface area (Å²) in [7, 11) is 0. The van der Waals surface area contributed by atoms with E-state index in [9.17, 15) is 9.59 Å². The number of hydrogen-bond donors (Lipinski definition) is 2. The van der Waals surface area contributed by atoms with E-state index >= 15 is 0 Å². The van der Waals surface area contributed by atoms with Crippen molar-refractivity contribution >= 4 is 23.2 Å². The minimum absolute atomic E-state index is 0.0563. The molecule has 1 aliphatic carbocycles. The highest BCUT2D eigenvalue weighted by molar-refractivity contribution is 5.96. The molecule has 2 amide bonds. The van der Waals surface area contributed by atoms with Gasteiger partial charge in [-0.15, -0.1) is 0 Å². The first-order chi connectivity index (χ1) is 12.2. The Bertz CT molecular complexity index is 814. The maximum Gasteiger partial charge on any atom is 0.231 e. The predicted octanol–water partition coefficient (Wildman–Crippen LogP) is 3.22.